The van der Waals surface area contributed by atoms with Crippen molar-refractivity contribution < 1.29 is 19.8 Å². The predicted octanol–water partition coefficient (Wildman–Crippen LogP) is 0.963. The second-order valence-corrected chi connectivity index (χ2v) is 6.59. The van der Waals surface area contributed by atoms with Crippen molar-refractivity contribution in [2.24, 2.45) is 23.2 Å². The molecule has 5 heteroatoms. The van der Waals surface area contributed by atoms with Gasteiger partial charge in [-0.05, 0) is 18.3 Å². The molecule has 2 aliphatic carbocycles. The third-order valence-corrected chi connectivity index (χ3v) is 4.86. The molecule has 2 N–H and O–H groups in total. The number of rotatable bonds is 4. The lowest BCUT2D eigenvalue weighted by molar-refractivity contribution is -0.142. The molecule has 108 valence electrons. The summed E-state index contributed by atoms with van der Waals surface area (Å²) in [5.41, 5.74) is -0.453. The molecule has 0 saturated heterocycles. The highest BCUT2D eigenvalue weighted by Gasteiger charge is 2.66. The van der Waals surface area contributed by atoms with Crippen LogP contribution in [0.3, 0.4) is 0 Å². The van der Waals surface area contributed by atoms with Gasteiger partial charge in [-0.2, -0.15) is 0 Å². The third kappa shape index (κ3) is 2.48. The third-order valence-electron chi connectivity index (χ3n) is 4.86. The van der Waals surface area contributed by atoms with Gasteiger partial charge < -0.3 is 15.1 Å². The topological polar surface area (TPSA) is 77.8 Å². The summed E-state index contributed by atoms with van der Waals surface area (Å²) in [4.78, 5) is 25.0. The van der Waals surface area contributed by atoms with Crippen LogP contribution in [0.2, 0.25) is 0 Å². The summed E-state index contributed by atoms with van der Waals surface area (Å²) in [6, 6.07) is 0. The first-order chi connectivity index (χ1) is 8.76. The van der Waals surface area contributed by atoms with E-state index in [0.29, 0.717) is 6.54 Å². The lowest BCUT2D eigenvalue weighted by Crippen LogP contribution is -2.36. The number of carbonyl (C=O) groups excluding carboxylic acids is 1. The molecule has 4 atom stereocenters. The van der Waals surface area contributed by atoms with E-state index in [4.69, 9.17) is 5.11 Å². The minimum atomic E-state index is -0.891. The number of aliphatic hydroxyl groups excluding tert-OH is 1. The van der Waals surface area contributed by atoms with E-state index in [2.05, 4.69) is 0 Å². The lowest BCUT2D eigenvalue weighted by atomic mass is 10.0. The van der Waals surface area contributed by atoms with E-state index in [9.17, 15) is 14.7 Å². The number of nitrogens with zero attached hydrogens (tertiary/aromatic N) is 1. The minimum absolute atomic E-state index is 0.100. The van der Waals surface area contributed by atoms with Gasteiger partial charge in [0.05, 0.1) is 17.9 Å². The molecule has 19 heavy (non-hydrogen) atoms. The van der Waals surface area contributed by atoms with E-state index in [1.54, 1.807) is 11.9 Å². The Morgan fingerprint density at radius 2 is 1.89 bits per heavy atom. The normalized spacial score (nSPS) is 36.0. The molecule has 2 aliphatic rings. The van der Waals surface area contributed by atoms with Gasteiger partial charge in [0.15, 0.2) is 0 Å². The molecule has 1 amide bonds. The molecular formula is C14H23NO4. The van der Waals surface area contributed by atoms with Crippen LogP contribution in [0.5, 0.6) is 0 Å². The Morgan fingerprint density at radius 3 is 2.32 bits per heavy atom. The summed E-state index contributed by atoms with van der Waals surface area (Å²) in [7, 11) is 1.71. The van der Waals surface area contributed by atoms with Crippen molar-refractivity contribution in [3.05, 3.63) is 0 Å². The Balaban J connectivity index is 1.95. The molecule has 0 aliphatic heterocycles. The van der Waals surface area contributed by atoms with E-state index in [1.807, 2.05) is 13.8 Å². The van der Waals surface area contributed by atoms with Crippen molar-refractivity contribution >= 4 is 11.9 Å². The molecule has 2 unspecified atom stereocenters. The largest absolute Gasteiger partial charge is 0.481 e. The molecule has 2 saturated carbocycles. The van der Waals surface area contributed by atoms with Crippen LogP contribution < -0.4 is 0 Å². The molecule has 2 rings (SSSR count). The molecule has 2 fully saturated rings. The van der Waals surface area contributed by atoms with E-state index < -0.39 is 23.2 Å². The number of amides is 1. The molecular weight excluding hydrogens is 246 g/mol. The van der Waals surface area contributed by atoms with Crippen LogP contribution in [0.15, 0.2) is 0 Å². The summed E-state index contributed by atoms with van der Waals surface area (Å²) in [6.45, 7) is 4.18. The Kier molecular flexibility index (Phi) is 3.60. The van der Waals surface area contributed by atoms with Gasteiger partial charge in [0.25, 0.3) is 0 Å². The van der Waals surface area contributed by atoms with E-state index in [-0.39, 0.29) is 17.9 Å². The van der Waals surface area contributed by atoms with Crippen LogP contribution in [0, 0.1) is 23.2 Å². The summed E-state index contributed by atoms with van der Waals surface area (Å²) >= 11 is 0. The zero-order valence-corrected chi connectivity index (χ0v) is 11.8. The van der Waals surface area contributed by atoms with Crippen LogP contribution in [0.1, 0.15) is 33.1 Å². The molecule has 0 spiro atoms. The van der Waals surface area contributed by atoms with E-state index >= 15 is 0 Å². The SMILES string of the molecule is CN(CC1CCCC1O)C(=O)[C@@H]1[C@H](C(=O)O)C1(C)C. The Morgan fingerprint density at radius 1 is 1.26 bits per heavy atom. The van der Waals surface area contributed by atoms with Crippen molar-refractivity contribution in [3.63, 3.8) is 0 Å². The molecule has 0 radical (unpaired) electrons. The standard InChI is InChI=1S/C14H23NO4/c1-14(2)10(11(14)13(18)19)12(17)15(3)7-8-5-4-6-9(8)16/h8-11,16H,4-7H2,1-3H3,(H,18,19)/t8?,9?,10-,11+/m0/s1. The zero-order valence-electron chi connectivity index (χ0n) is 11.8. The maximum Gasteiger partial charge on any atom is 0.307 e. The van der Waals surface area contributed by atoms with Crippen molar-refractivity contribution in [1.29, 1.82) is 0 Å². The number of carboxylic acids is 1. The van der Waals surface area contributed by atoms with Crippen LogP contribution in [0.25, 0.3) is 0 Å². The Labute approximate surface area is 113 Å². The van der Waals surface area contributed by atoms with Gasteiger partial charge in [0.1, 0.15) is 0 Å². The average Bonchev–Trinajstić information content (AvgIpc) is 2.66. The number of aliphatic hydroxyl groups is 1. The predicted molar refractivity (Wildman–Crippen MR) is 69.4 cm³/mol. The van der Waals surface area contributed by atoms with Crippen molar-refractivity contribution in [2.75, 3.05) is 13.6 Å². The summed E-state index contributed by atoms with van der Waals surface area (Å²) in [5, 5.41) is 18.9. The Bertz CT molecular complexity index is 393. The van der Waals surface area contributed by atoms with Crippen LogP contribution >= 0.6 is 0 Å². The minimum Gasteiger partial charge on any atom is -0.481 e. The number of hydrogen-bond acceptors (Lipinski definition) is 3. The van der Waals surface area contributed by atoms with Crippen LogP contribution in [-0.2, 0) is 9.59 Å². The van der Waals surface area contributed by atoms with Gasteiger partial charge in [-0.3, -0.25) is 9.59 Å². The van der Waals surface area contributed by atoms with Gasteiger partial charge in [-0.15, -0.1) is 0 Å². The van der Waals surface area contributed by atoms with Gasteiger partial charge in [-0.25, -0.2) is 0 Å². The van der Waals surface area contributed by atoms with Gasteiger partial charge in [0, 0.05) is 19.5 Å². The fraction of sp³-hybridized carbons (Fsp3) is 0.857. The quantitative estimate of drug-likeness (QED) is 0.797. The molecule has 0 aromatic rings. The summed E-state index contributed by atoms with van der Waals surface area (Å²) in [6.07, 6.45) is 2.42. The second kappa shape index (κ2) is 4.78. The highest BCUT2D eigenvalue weighted by Crippen LogP contribution is 2.59. The van der Waals surface area contributed by atoms with Gasteiger partial charge >= 0.3 is 5.97 Å². The smallest absolute Gasteiger partial charge is 0.307 e. The summed E-state index contributed by atoms with van der Waals surface area (Å²) in [5.74, 6) is -1.85. The van der Waals surface area contributed by atoms with Gasteiger partial charge in [0.2, 0.25) is 5.91 Å². The lowest BCUT2D eigenvalue weighted by Gasteiger charge is -2.23. The monoisotopic (exact) mass is 269 g/mol. The maximum absolute atomic E-state index is 12.3. The van der Waals surface area contributed by atoms with Gasteiger partial charge in [-0.1, -0.05) is 20.3 Å². The average molecular weight is 269 g/mol. The summed E-state index contributed by atoms with van der Waals surface area (Å²) < 4.78 is 0. The van der Waals surface area contributed by atoms with Crippen molar-refractivity contribution in [2.45, 2.75) is 39.2 Å². The van der Waals surface area contributed by atoms with Crippen LogP contribution in [-0.4, -0.2) is 46.7 Å². The first kappa shape index (κ1) is 14.3. The first-order valence-corrected chi connectivity index (χ1v) is 6.92. The Hall–Kier alpha value is -1.10. The number of carbonyl (C=O) groups is 2. The highest BCUT2D eigenvalue weighted by atomic mass is 16.4. The maximum atomic E-state index is 12.3. The molecule has 0 aromatic heterocycles. The fourth-order valence-corrected chi connectivity index (χ4v) is 3.47. The van der Waals surface area contributed by atoms with E-state index in [0.717, 1.165) is 19.3 Å². The number of aliphatic carboxylic acids is 1. The zero-order chi connectivity index (χ0) is 14.4. The van der Waals surface area contributed by atoms with Crippen molar-refractivity contribution in [1.82, 2.24) is 4.90 Å². The molecule has 0 aromatic carbocycles. The molecule has 5 nitrogen and oxygen atoms in total. The van der Waals surface area contributed by atoms with E-state index in [1.165, 1.54) is 0 Å². The molecule has 0 heterocycles. The second-order valence-electron chi connectivity index (χ2n) is 6.59. The fourth-order valence-electron chi connectivity index (χ4n) is 3.47. The highest BCUT2D eigenvalue weighted by molar-refractivity contribution is 5.91. The first-order valence-electron chi connectivity index (χ1n) is 6.92. The molecule has 0 bridgehead atoms. The van der Waals surface area contributed by atoms with Crippen molar-refractivity contribution in [3.8, 4) is 0 Å². The van der Waals surface area contributed by atoms with Crippen LogP contribution in [0.4, 0.5) is 0 Å². The number of carboxylic acid groups (broad SMARTS) is 1. The number of hydrogen-bond donors (Lipinski definition) is 2.